The topological polar surface area (TPSA) is 170 Å². The van der Waals surface area contributed by atoms with Crippen LogP contribution in [0, 0.1) is 0 Å². The molecular formula is C17H14N6O5. The zero-order chi connectivity index (χ0) is 20.1. The summed E-state index contributed by atoms with van der Waals surface area (Å²) in [6.07, 6.45) is 2.62. The molecule has 1 amide bonds. The summed E-state index contributed by atoms with van der Waals surface area (Å²) in [5.41, 5.74) is 5.36. The molecule has 3 aromatic rings. The SMILES string of the molecule is O=C(O)c1cc(CNNC(=O)c2cnc(-c3cccnn3)nc2O)ccc1O. The number of hydrazine groups is 1. The summed E-state index contributed by atoms with van der Waals surface area (Å²) >= 11 is 0. The van der Waals surface area contributed by atoms with Gasteiger partial charge in [-0.15, -0.1) is 5.10 Å². The number of aromatic hydroxyl groups is 2. The molecule has 2 aromatic heterocycles. The lowest BCUT2D eigenvalue weighted by Crippen LogP contribution is -2.37. The largest absolute Gasteiger partial charge is 0.507 e. The summed E-state index contributed by atoms with van der Waals surface area (Å²) in [5, 5.41) is 36.0. The Bertz CT molecular complexity index is 1030. The van der Waals surface area contributed by atoms with Crippen molar-refractivity contribution in [1.82, 2.24) is 31.0 Å². The molecule has 0 aliphatic carbocycles. The number of carbonyl (C=O) groups excluding carboxylic acids is 1. The highest BCUT2D eigenvalue weighted by Crippen LogP contribution is 2.19. The van der Waals surface area contributed by atoms with E-state index in [1.165, 1.54) is 24.4 Å². The predicted molar refractivity (Wildman–Crippen MR) is 94.1 cm³/mol. The van der Waals surface area contributed by atoms with Gasteiger partial charge < -0.3 is 15.3 Å². The number of carboxylic acid groups (broad SMARTS) is 1. The van der Waals surface area contributed by atoms with Gasteiger partial charge in [-0.3, -0.25) is 10.2 Å². The number of aromatic carboxylic acids is 1. The zero-order valence-corrected chi connectivity index (χ0v) is 14.2. The maximum atomic E-state index is 12.2. The molecule has 0 radical (unpaired) electrons. The molecule has 2 heterocycles. The van der Waals surface area contributed by atoms with Crippen molar-refractivity contribution in [3.63, 3.8) is 0 Å². The maximum Gasteiger partial charge on any atom is 0.339 e. The summed E-state index contributed by atoms with van der Waals surface area (Å²) in [6.45, 7) is 0.0750. The highest BCUT2D eigenvalue weighted by atomic mass is 16.4. The minimum absolute atomic E-state index is 0.0750. The average molecular weight is 382 g/mol. The third-order valence-electron chi connectivity index (χ3n) is 3.60. The first-order valence-corrected chi connectivity index (χ1v) is 7.88. The highest BCUT2D eigenvalue weighted by molar-refractivity contribution is 5.95. The second kappa shape index (κ2) is 8.05. The van der Waals surface area contributed by atoms with E-state index in [-0.39, 0.29) is 29.2 Å². The molecule has 0 aliphatic heterocycles. The van der Waals surface area contributed by atoms with Crippen molar-refractivity contribution in [3.8, 4) is 23.1 Å². The van der Waals surface area contributed by atoms with Gasteiger partial charge in [0, 0.05) is 18.9 Å². The number of amides is 1. The Balaban J connectivity index is 1.64. The lowest BCUT2D eigenvalue weighted by atomic mass is 10.1. The van der Waals surface area contributed by atoms with Crippen LogP contribution < -0.4 is 10.9 Å². The van der Waals surface area contributed by atoms with Crippen molar-refractivity contribution in [2.24, 2.45) is 0 Å². The number of aromatic nitrogens is 4. The molecule has 11 heteroatoms. The Morgan fingerprint density at radius 2 is 1.93 bits per heavy atom. The van der Waals surface area contributed by atoms with Crippen LogP contribution in [-0.4, -0.2) is 47.4 Å². The minimum atomic E-state index is -1.27. The van der Waals surface area contributed by atoms with E-state index in [2.05, 4.69) is 31.0 Å². The monoisotopic (exact) mass is 382 g/mol. The number of nitrogens with one attached hydrogen (secondary N) is 2. The highest BCUT2D eigenvalue weighted by Gasteiger charge is 2.15. The van der Waals surface area contributed by atoms with Crippen molar-refractivity contribution < 1.29 is 24.9 Å². The molecule has 0 atom stereocenters. The minimum Gasteiger partial charge on any atom is -0.507 e. The van der Waals surface area contributed by atoms with Gasteiger partial charge in [0.15, 0.2) is 5.82 Å². The van der Waals surface area contributed by atoms with E-state index in [1.54, 1.807) is 12.1 Å². The molecular weight excluding hydrogens is 368 g/mol. The fourth-order valence-corrected chi connectivity index (χ4v) is 2.24. The molecule has 5 N–H and O–H groups in total. The van der Waals surface area contributed by atoms with E-state index < -0.39 is 17.8 Å². The molecule has 11 nitrogen and oxygen atoms in total. The Morgan fingerprint density at radius 1 is 1.11 bits per heavy atom. The quantitative estimate of drug-likeness (QED) is 0.378. The van der Waals surface area contributed by atoms with E-state index in [9.17, 15) is 19.8 Å². The number of carbonyl (C=O) groups is 2. The summed E-state index contributed by atoms with van der Waals surface area (Å²) in [5.74, 6) is -2.74. The molecule has 0 saturated carbocycles. The average Bonchev–Trinajstić information content (AvgIpc) is 2.69. The number of phenols is 1. The molecule has 0 unspecified atom stereocenters. The van der Waals surface area contributed by atoms with Gasteiger partial charge in [0.05, 0.1) is 0 Å². The fourth-order valence-electron chi connectivity index (χ4n) is 2.24. The molecule has 28 heavy (non-hydrogen) atoms. The molecule has 1 aromatic carbocycles. The number of hydrogen-bond donors (Lipinski definition) is 5. The van der Waals surface area contributed by atoms with Crippen LogP contribution in [0.25, 0.3) is 11.5 Å². The van der Waals surface area contributed by atoms with Gasteiger partial charge in [0.1, 0.15) is 22.6 Å². The Kier molecular flexibility index (Phi) is 5.37. The van der Waals surface area contributed by atoms with Gasteiger partial charge in [0.2, 0.25) is 5.88 Å². The first-order valence-electron chi connectivity index (χ1n) is 7.88. The number of carboxylic acids is 1. The number of nitrogens with zero attached hydrogens (tertiary/aromatic N) is 4. The van der Waals surface area contributed by atoms with E-state index >= 15 is 0 Å². The standard InChI is InChI=1S/C17H14N6O5/c24-13-4-3-9(6-10(13)17(27)28)7-20-23-16(26)11-8-18-14(21-15(11)25)12-2-1-5-19-22-12/h1-6,8,20,24H,7H2,(H,23,26)(H,27,28)(H,18,21,25). The third kappa shape index (κ3) is 4.16. The molecule has 0 fully saturated rings. The van der Waals surface area contributed by atoms with Crippen LogP contribution in [0.5, 0.6) is 11.6 Å². The van der Waals surface area contributed by atoms with Gasteiger partial charge in [-0.05, 0) is 29.8 Å². The first-order chi connectivity index (χ1) is 13.5. The Hall–Kier alpha value is -4.12. The van der Waals surface area contributed by atoms with Gasteiger partial charge in [-0.25, -0.2) is 15.2 Å². The summed E-state index contributed by atoms with van der Waals surface area (Å²) < 4.78 is 0. The summed E-state index contributed by atoms with van der Waals surface area (Å²) in [6, 6.07) is 7.25. The van der Waals surface area contributed by atoms with E-state index in [0.29, 0.717) is 11.3 Å². The van der Waals surface area contributed by atoms with Crippen LogP contribution in [0.4, 0.5) is 0 Å². The lowest BCUT2D eigenvalue weighted by molar-refractivity contribution is 0.0693. The zero-order valence-electron chi connectivity index (χ0n) is 14.2. The second-order valence-corrected chi connectivity index (χ2v) is 5.50. The van der Waals surface area contributed by atoms with Crippen LogP contribution in [-0.2, 0) is 6.54 Å². The summed E-state index contributed by atoms with van der Waals surface area (Å²) in [4.78, 5) is 31.0. The molecule has 0 bridgehead atoms. The maximum absolute atomic E-state index is 12.2. The van der Waals surface area contributed by atoms with Crippen LogP contribution >= 0.6 is 0 Å². The van der Waals surface area contributed by atoms with Crippen molar-refractivity contribution in [3.05, 3.63) is 59.4 Å². The molecule has 142 valence electrons. The Labute approximate surface area is 157 Å². The molecule has 0 aliphatic rings. The molecule has 0 saturated heterocycles. The number of rotatable bonds is 6. The summed E-state index contributed by atoms with van der Waals surface area (Å²) in [7, 11) is 0. The van der Waals surface area contributed by atoms with Gasteiger partial charge >= 0.3 is 5.97 Å². The molecule has 3 rings (SSSR count). The van der Waals surface area contributed by atoms with Crippen molar-refractivity contribution in [2.75, 3.05) is 0 Å². The smallest absolute Gasteiger partial charge is 0.339 e. The third-order valence-corrected chi connectivity index (χ3v) is 3.60. The first kappa shape index (κ1) is 18.7. The van der Waals surface area contributed by atoms with Gasteiger partial charge in [-0.1, -0.05) is 6.07 Å². The van der Waals surface area contributed by atoms with E-state index in [0.717, 1.165) is 6.20 Å². The van der Waals surface area contributed by atoms with Crippen molar-refractivity contribution in [1.29, 1.82) is 0 Å². The van der Waals surface area contributed by atoms with Crippen LogP contribution in [0.1, 0.15) is 26.3 Å². The van der Waals surface area contributed by atoms with E-state index in [4.69, 9.17) is 5.11 Å². The second-order valence-electron chi connectivity index (χ2n) is 5.50. The van der Waals surface area contributed by atoms with Crippen molar-refractivity contribution >= 4 is 11.9 Å². The normalized spacial score (nSPS) is 10.4. The Morgan fingerprint density at radius 3 is 2.61 bits per heavy atom. The van der Waals surface area contributed by atoms with Crippen LogP contribution in [0.3, 0.4) is 0 Å². The molecule has 0 spiro atoms. The van der Waals surface area contributed by atoms with E-state index in [1.807, 2.05) is 0 Å². The number of hydrogen-bond acceptors (Lipinski definition) is 9. The fraction of sp³-hybridized carbons (Fsp3) is 0.0588. The lowest BCUT2D eigenvalue weighted by Gasteiger charge is -2.09. The van der Waals surface area contributed by atoms with Crippen molar-refractivity contribution in [2.45, 2.75) is 6.54 Å². The van der Waals surface area contributed by atoms with Gasteiger partial charge in [0.25, 0.3) is 5.91 Å². The number of benzene rings is 1. The predicted octanol–water partition coefficient (Wildman–Crippen LogP) is 0.478. The van der Waals surface area contributed by atoms with Crippen LogP contribution in [0.15, 0.2) is 42.7 Å². The van der Waals surface area contributed by atoms with Crippen LogP contribution in [0.2, 0.25) is 0 Å². The van der Waals surface area contributed by atoms with Gasteiger partial charge in [-0.2, -0.15) is 10.1 Å².